The Hall–Kier alpha value is -5.27. The summed E-state index contributed by atoms with van der Waals surface area (Å²) in [6.45, 7) is 26.0. The van der Waals surface area contributed by atoms with E-state index in [0.29, 0.717) is 71.0 Å². The van der Waals surface area contributed by atoms with Crippen LogP contribution in [0.1, 0.15) is 193 Å². The maximum atomic E-state index is 10.2. The van der Waals surface area contributed by atoms with Crippen molar-refractivity contribution in [2.45, 2.75) is 165 Å². The highest BCUT2D eigenvalue weighted by Gasteiger charge is 2.37. The topological polar surface area (TPSA) is 186 Å². The third kappa shape index (κ3) is 14.6. The van der Waals surface area contributed by atoms with Crippen LogP contribution in [-0.2, 0) is 38.5 Å². The number of fused-ring (bicyclic) bond motifs is 6. The van der Waals surface area contributed by atoms with Gasteiger partial charge in [-0.1, -0.05) is 144 Å². The van der Waals surface area contributed by atoms with Gasteiger partial charge in [-0.05, 0) is 179 Å². The van der Waals surface area contributed by atoms with Crippen LogP contribution in [0.15, 0.2) is 116 Å². The largest absolute Gasteiger partial charge is 0.388 e. The molecule has 0 fully saturated rings. The summed E-state index contributed by atoms with van der Waals surface area (Å²) in [5, 5.41) is 67.7. The number of nitrogens with zero attached hydrogens (tertiary/aromatic N) is 5. The lowest BCUT2D eigenvalue weighted by Crippen LogP contribution is -2.24. The summed E-state index contributed by atoms with van der Waals surface area (Å²) in [5.74, 6) is 5.47. The maximum Gasteiger partial charge on any atom is 0.0996 e. The number of benzene rings is 2. The lowest BCUT2D eigenvalue weighted by Gasteiger charge is -2.32. The van der Waals surface area contributed by atoms with E-state index in [-0.39, 0.29) is 36.6 Å². The van der Waals surface area contributed by atoms with E-state index >= 15 is 0 Å². The highest BCUT2D eigenvalue weighted by molar-refractivity contribution is 5.36. The summed E-state index contributed by atoms with van der Waals surface area (Å²) in [6, 6.07) is 26.3. The zero-order valence-electron chi connectivity index (χ0n) is 49.2. The predicted molar refractivity (Wildman–Crippen MR) is 314 cm³/mol. The van der Waals surface area contributed by atoms with Crippen molar-refractivity contribution in [1.82, 2.24) is 25.1 Å². The highest BCUT2D eigenvalue weighted by Crippen LogP contribution is 2.44. The van der Waals surface area contributed by atoms with Gasteiger partial charge in [0.25, 0.3) is 0 Å². The van der Waals surface area contributed by atoms with E-state index in [9.17, 15) is 30.6 Å². The van der Waals surface area contributed by atoms with Crippen LogP contribution in [0.2, 0.25) is 0 Å². The van der Waals surface area contributed by atoms with E-state index in [1.807, 2.05) is 66.9 Å². The molecule has 426 valence electrons. The number of hydrogen-bond acceptors (Lipinski definition) is 11. The fourth-order valence-corrected chi connectivity index (χ4v) is 12.9. The van der Waals surface area contributed by atoms with Gasteiger partial charge < -0.3 is 30.6 Å². The number of rotatable bonds is 6. The van der Waals surface area contributed by atoms with Crippen molar-refractivity contribution in [3.05, 3.63) is 183 Å². The number of aromatic nitrogens is 5. The molecular weight excluding hydrogens is 983 g/mol. The summed E-state index contributed by atoms with van der Waals surface area (Å²) >= 11 is 0. The third-order valence-corrected chi connectivity index (χ3v) is 18.2. The summed E-state index contributed by atoms with van der Waals surface area (Å²) in [4.78, 5) is 12.6. The van der Waals surface area contributed by atoms with Crippen LogP contribution in [0.5, 0.6) is 0 Å². The molecule has 4 aromatic heterocycles. The minimum absolute atomic E-state index is 0.240. The Bertz CT molecular complexity index is 2480. The quantitative estimate of drug-likeness (QED) is 0.0932. The first kappa shape index (κ1) is 61.4. The van der Waals surface area contributed by atoms with Crippen LogP contribution in [0.3, 0.4) is 0 Å². The lowest BCUT2D eigenvalue weighted by molar-refractivity contribution is 0.0668. The van der Waals surface area contributed by atoms with Crippen molar-refractivity contribution in [3.63, 3.8) is 0 Å². The SMILES string of the molecule is CC(C)C1CCc2cnccc2C1O.CC(C)C1Cc2ccccc2C1O.CC(C)C1Cc2ccccc2C1O.CC(C)C1Cc2cccnc2C1O.CC(C)C1Cc2cnncc2C1O.CC(C)C1Cc2ncccc2C1O. The predicted octanol–water partition coefficient (Wildman–Crippen LogP) is 12.7. The molecule has 12 unspecified atom stereocenters. The molecule has 6 N–H and O–H groups in total. The van der Waals surface area contributed by atoms with Gasteiger partial charge in [0.1, 0.15) is 0 Å². The van der Waals surface area contributed by atoms with Crippen LogP contribution in [-0.4, -0.2) is 55.8 Å². The molecule has 0 saturated carbocycles. The molecule has 79 heavy (non-hydrogen) atoms. The zero-order chi connectivity index (χ0) is 57.2. The van der Waals surface area contributed by atoms with Gasteiger partial charge in [0.05, 0.1) is 54.7 Å². The smallest absolute Gasteiger partial charge is 0.0996 e. The van der Waals surface area contributed by atoms with E-state index < -0.39 is 0 Å². The van der Waals surface area contributed by atoms with Crippen molar-refractivity contribution < 1.29 is 30.6 Å². The Morgan fingerprint density at radius 1 is 0.342 bits per heavy atom. The van der Waals surface area contributed by atoms with Gasteiger partial charge in [-0.2, -0.15) is 10.2 Å². The van der Waals surface area contributed by atoms with Crippen LogP contribution in [0.4, 0.5) is 0 Å². The first-order valence-electron chi connectivity index (χ1n) is 29.5. The van der Waals surface area contributed by atoms with Crippen molar-refractivity contribution in [3.8, 4) is 0 Å². The van der Waals surface area contributed by atoms with Crippen LogP contribution in [0.25, 0.3) is 0 Å². The first-order valence-corrected chi connectivity index (χ1v) is 29.5. The third-order valence-electron chi connectivity index (χ3n) is 18.2. The van der Waals surface area contributed by atoms with Gasteiger partial charge in [0.15, 0.2) is 0 Å². The van der Waals surface area contributed by atoms with Crippen LogP contribution < -0.4 is 0 Å². The number of aryl methyl sites for hydroxylation is 1. The van der Waals surface area contributed by atoms with E-state index in [2.05, 4.69) is 126 Å². The molecule has 6 aliphatic carbocycles. The zero-order valence-corrected chi connectivity index (χ0v) is 49.2. The van der Waals surface area contributed by atoms with Crippen molar-refractivity contribution in [1.29, 1.82) is 0 Å². The molecule has 6 aliphatic rings. The molecule has 0 amide bonds. The van der Waals surface area contributed by atoms with Gasteiger partial charge in [0.2, 0.25) is 0 Å². The van der Waals surface area contributed by atoms with E-state index in [1.165, 1.54) is 22.3 Å². The molecule has 0 spiro atoms. The van der Waals surface area contributed by atoms with Crippen LogP contribution in [0, 0.1) is 71.0 Å². The van der Waals surface area contributed by atoms with Crippen LogP contribution >= 0.6 is 0 Å². The minimum Gasteiger partial charge on any atom is -0.388 e. The Kier molecular flexibility index (Phi) is 21.7. The number of pyridine rings is 3. The van der Waals surface area contributed by atoms with E-state index in [4.69, 9.17) is 0 Å². The van der Waals surface area contributed by atoms with E-state index in [1.54, 1.807) is 31.0 Å². The molecule has 11 nitrogen and oxygen atoms in total. The van der Waals surface area contributed by atoms with Crippen molar-refractivity contribution >= 4 is 0 Å². The second kappa shape index (κ2) is 27.9. The normalized spacial score (nSPS) is 26.4. The van der Waals surface area contributed by atoms with Gasteiger partial charge in [-0.3, -0.25) is 15.0 Å². The molecule has 0 radical (unpaired) electrons. The Labute approximate surface area is 472 Å². The number of aliphatic hydroxyl groups is 6. The summed E-state index contributed by atoms with van der Waals surface area (Å²) in [7, 11) is 0. The molecule has 11 heteroatoms. The van der Waals surface area contributed by atoms with Crippen molar-refractivity contribution in [2.24, 2.45) is 71.0 Å². The van der Waals surface area contributed by atoms with Gasteiger partial charge in [0, 0.05) is 41.6 Å². The monoisotopic (exact) mass is 1080 g/mol. The summed E-state index contributed by atoms with van der Waals surface area (Å²) < 4.78 is 0. The molecule has 0 bridgehead atoms. The molecule has 0 aliphatic heterocycles. The minimum atomic E-state index is -0.351. The van der Waals surface area contributed by atoms with Crippen molar-refractivity contribution in [2.75, 3.05) is 0 Å². The highest BCUT2D eigenvalue weighted by atomic mass is 16.3. The van der Waals surface area contributed by atoms with Gasteiger partial charge in [-0.15, -0.1) is 0 Å². The summed E-state index contributed by atoms with van der Waals surface area (Å²) in [6.07, 6.45) is 15.9. The number of hydrogen-bond donors (Lipinski definition) is 6. The molecule has 6 aromatic rings. The number of aliphatic hydroxyl groups excluding tert-OH is 6. The molecule has 12 rings (SSSR count). The molecule has 4 heterocycles. The van der Waals surface area contributed by atoms with Gasteiger partial charge >= 0.3 is 0 Å². The second-order valence-corrected chi connectivity index (χ2v) is 25.2. The fourth-order valence-electron chi connectivity index (χ4n) is 12.9. The Morgan fingerprint density at radius 2 is 0.747 bits per heavy atom. The maximum absolute atomic E-state index is 10.2. The average Bonchev–Trinajstić information content (AvgIpc) is 4.27. The van der Waals surface area contributed by atoms with Gasteiger partial charge in [-0.25, -0.2) is 0 Å². The Balaban J connectivity index is 0.000000137. The molecule has 2 aromatic carbocycles. The van der Waals surface area contributed by atoms with E-state index in [0.717, 1.165) is 89.7 Å². The average molecular weight is 1080 g/mol. The summed E-state index contributed by atoms with van der Waals surface area (Å²) in [5.41, 5.74) is 13.6. The molecule has 0 saturated heterocycles. The molecular formula is C68H93N5O6. The first-order chi connectivity index (χ1) is 37.7. The fraction of sp³-hybridized carbons (Fsp3) is 0.544. The second-order valence-electron chi connectivity index (χ2n) is 25.2. The Morgan fingerprint density at radius 3 is 1.27 bits per heavy atom. The standard InChI is InChI=1S/C12H17NO.2C12H16O.2C11H15NO.C10H14N2O/c1-8(2)10-4-3-9-7-13-6-5-11(9)12(10)14;2*1-8(2)11-7-9-5-3-4-6-10(9)12(11)13;1-7(2)9-6-10-8(11(9)13)4-3-5-12-10;1-7(2)9-6-8-4-3-5-12-10(8)11(9)13;1-6(2)8-3-7-4-11-12-5-9(7)10(8)13/h5-8,10,12,14H,3-4H2,1-2H3;2*3-6,8,11-13H,7H2,1-2H3;2*3-5,7,9,11,13H,6H2,1-2H3;4-6,8,10,13H,3H2,1-2H3. The molecule has 12 atom stereocenters. The lowest BCUT2D eigenvalue weighted by atomic mass is 9.77.